The van der Waals surface area contributed by atoms with Crippen molar-refractivity contribution in [3.05, 3.63) is 0 Å². The van der Waals surface area contributed by atoms with Crippen LogP contribution in [-0.4, -0.2) is 21.3 Å². The third-order valence-corrected chi connectivity index (χ3v) is 4.10. The smallest absolute Gasteiger partial charge is 0.185 e. The first kappa shape index (κ1) is 12.1. The monoisotopic (exact) mass is 241 g/mol. The predicted octanol–water partition coefficient (Wildman–Crippen LogP) is 2.39. The molecule has 3 nitrogen and oxygen atoms in total. The maximum atomic E-state index is 5.45. The lowest BCUT2D eigenvalue weighted by Gasteiger charge is -2.41. The zero-order chi connectivity index (χ0) is 12.0. The van der Waals surface area contributed by atoms with Gasteiger partial charge in [0, 0.05) is 0 Å². The second kappa shape index (κ2) is 3.84. The molecule has 2 aliphatic rings. The van der Waals surface area contributed by atoms with Crippen LogP contribution in [0, 0.1) is 5.92 Å². The molecule has 0 amide bonds. The Morgan fingerprint density at radius 3 is 2.56 bits per heavy atom. The van der Waals surface area contributed by atoms with Crippen LogP contribution in [0.5, 0.6) is 0 Å². The van der Waals surface area contributed by atoms with Gasteiger partial charge in [0.15, 0.2) is 5.11 Å². The molecule has 16 heavy (non-hydrogen) atoms. The van der Waals surface area contributed by atoms with Crippen LogP contribution >= 0.6 is 12.2 Å². The number of thiocarbonyl (C=S) groups is 1. The first-order chi connectivity index (χ1) is 7.35. The summed E-state index contributed by atoms with van der Waals surface area (Å²) in [6.07, 6.45) is 5.07. The number of nitrogens with zero attached hydrogens (tertiary/aromatic N) is 1. The number of rotatable bonds is 0. The second-order valence-corrected chi connectivity index (χ2v) is 6.55. The predicted molar refractivity (Wildman–Crippen MR) is 70.8 cm³/mol. The molecule has 1 aliphatic heterocycles. The van der Waals surface area contributed by atoms with E-state index in [-0.39, 0.29) is 11.2 Å². The summed E-state index contributed by atoms with van der Waals surface area (Å²) < 4.78 is 0. The summed E-state index contributed by atoms with van der Waals surface area (Å²) in [7, 11) is 0. The van der Waals surface area contributed by atoms with Crippen LogP contribution in [0.3, 0.4) is 0 Å². The fourth-order valence-electron chi connectivity index (χ4n) is 2.70. The van der Waals surface area contributed by atoms with Crippen LogP contribution in [-0.2, 0) is 0 Å². The quantitative estimate of drug-likeness (QED) is 0.637. The van der Waals surface area contributed by atoms with Gasteiger partial charge >= 0.3 is 0 Å². The summed E-state index contributed by atoms with van der Waals surface area (Å²) in [5, 5.41) is 6.49. The van der Waals surface area contributed by atoms with Crippen molar-refractivity contribution in [2.24, 2.45) is 5.92 Å². The van der Waals surface area contributed by atoms with Crippen molar-refractivity contribution in [2.75, 3.05) is 0 Å². The molecule has 1 spiro atoms. The fourth-order valence-corrected chi connectivity index (χ4v) is 3.20. The lowest BCUT2D eigenvalue weighted by molar-refractivity contribution is 0.0694. The average Bonchev–Trinajstić information content (AvgIpc) is 2.49. The molecule has 2 rings (SSSR count). The zero-order valence-corrected chi connectivity index (χ0v) is 11.6. The minimum Gasteiger partial charge on any atom is -0.342 e. The molecule has 0 aromatic heterocycles. The number of hydrogen-bond donors (Lipinski definition) is 2. The molecule has 1 aliphatic carbocycles. The Bertz CT molecular complexity index is 297. The highest BCUT2D eigenvalue weighted by Gasteiger charge is 2.47. The molecule has 1 saturated heterocycles. The van der Waals surface area contributed by atoms with Gasteiger partial charge in [-0.15, -0.1) is 0 Å². The lowest BCUT2D eigenvalue weighted by Crippen LogP contribution is -2.59. The molecule has 0 aromatic carbocycles. The van der Waals surface area contributed by atoms with Crippen molar-refractivity contribution in [2.45, 2.75) is 64.6 Å². The molecule has 2 fully saturated rings. The van der Waals surface area contributed by atoms with E-state index in [4.69, 9.17) is 12.2 Å². The number of nitrogens with one attached hydrogen (secondary N) is 2. The van der Waals surface area contributed by atoms with Crippen molar-refractivity contribution < 1.29 is 0 Å². The Labute approximate surface area is 104 Å². The molecule has 0 unspecified atom stereocenters. The second-order valence-electron chi connectivity index (χ2n) is 6.17. The Morgan fingerprint density at radius 1 is 1.38 bits per heavy atom. The van der Waals surface area contributed by atoms with Crippen LogP contribution in [0.15, 0.2) is 0 Å². The SMILES string of the molecule is C[C@H]1CCCC[C@@]12NC(=S)N(C(C)(C)C)N2. The van der Waals surface area contributed by atoms with Crippen LogP contribution < -0.4 is 10.7 Å². The minimum atomic E-state index is 0.0165. The van der Waals surface area contributed by atoms with E-state index >= 15 is 0 Å². The van der Waals surface area contributed by atoms with Gasteiger partial charge in [-0.05, 0) is 58.2 Å². The molecular formula is C12H23N3S. The summed E-state index contributed by atoms with van der Waals surface area (Å²) in [5.41, 5.74) is 3.68. The minimum absolute atomic E-state index is 0.0165. The van der Waals surface area contributed by atoms with Crippen molar-refractivity contribution in [1.82, 2.24) is 15.8 Å². The maximum absolute atomic E-state index is 5.45. The molecule has 0 radical (unpaired) electrons. The number of hydrazine groups is 1. The third-order valence-electron chi connectivity index (χ3n) is 3.81. The Morgan fingerprint density at radius 2 is 2.06 bits per heavy atom. The summed E-state index contributed by atoms with van der Waals surface area (Å²) in [4.78, 5) is 0. The third kappa shape index (κ3) is 1.93. The molecule has 4 heteroatoms. The van der Waals surface area contributed by atoms with Crippen LogP contribution in [0.1, 0.15) is 53.4 Å². The van der Waals surface area contributed by atoms with Gasteiger partial charge in [0.2, 0.25) is 0 Å². The van der Waals surface area contributed by atoms with Crippen LogP contribution in [0.4, 0.5) is 0 Å². The van der Waals surface area contributed by atoms with E-state index in [0.29, 0.717) is 5.92 Å². The van der Waals surface area contributed by atoms with E-state index in [2.05, 4.69) is 43.4 Å². The van der Waals surface area contributed by atoms with Crippen molar-refractivity contribution in [1.29, 1.82) is 0 Å². The first-order valence-corrected chi connectivity index (χ1v) is 6.66. The highest BCUT2D eigenvalue weighted by atomic mass is 32.1. The highest BCUT2D eigenvalue weighted by molar-refractivity contribution is 7.80. The normalized spacial score (nSPS) is 35.6. The molecule has 2 atom stereocenters. The van der Waals surface area contributed by atoms with Crippen LogP contribution in [0.2, 0.25) is 0 Å². The van der Waals surface area contributed by atoms with E-state index in [1.165, 1.54) is 25.7 Å². The van der Waals surface area contributed by atoms with Gasteiger partial charge in [-0.2, -0.15) is 0 Å². The molecule has 2 N–H and O–H groups in total. The van der Waals surface area contributed by atoms with E-state index in [1.54, 1.807) is 0 Å². The summed E-state index contributed by atoms with van der Waals surface area (Å²) in [5.74, 6) is 0.631. The Balaban J connectivity index is 2.19. The molecule has 0 aromatic rings. The molecular weight excluding hydrogens is 218 g/mol. The molecule has 92 valence electrons. The summed E-state index contributed by atoms with van der Waals surface area (Å²) in [6.45, 7) is 8.86. The van der Waals surface area contributed by atoms with Crippen molar-refractivity contribution in [3.63, 3.8) is 0 Å². The van der Waals surface area contributed by atoms with Gasteiger partial charge in [-0.3, -0.25) is 5.01 Å². The van der Waals surface area contributed by atoms with Gasteiger partial charge in [0.25, 0.3) is 0 Å². The van der Waals surface area contributed by atoms with Gasteiger partial charge in [-0.1, -0.05) is 13.3 Å². The summed E-state index contributed by atoms with van der Waals surface area (Å²) in [6, 6.07) is 0. The zero-order valence-electron chi connectivity index (χ0n) is 10.8. The Hall–Kier alpha value is -0.350. The van der Waals surface area contributed by atoms with Crippen LogP contribution in [0.25, 0.3) is 0 Å². The lowest BCUT2D eigenvalue weighted by atomic mass is 9.80. The van der Waals surface area contributed by atoms with Gasteiger partial charge < -0.3 is 5.32 Å². The van der Waals surface area contributed by atoms with E-state index in [9.17, 15) is 0 Å². The molecule has 1 saturated carbocycles. The Kier molecular flexibility index (Phi) is 2.91. The average molecular weight is 241 g/mol. The first-order valence-electron chi connectivity index (χ1n) is 6.25. The largest absolute Gasteiger partial charge is 0.342 e. The number of hydrogen-bond acceptors (Lipinski definition) is 2. The van der Waals surface area contributed by atoms with E-state index < -0.39 is 0 Å². The van der Waals surface area contributed by atoms with E-state index in [0.717, 1.165) is 5.11 Å². The molecule has 1 heterocycles. The van der Waals surface area contributed by atoms with Crippen molar-refractivity contribution in [3.8, 4) is 0 Å². The van der Waals surface area contributed by atoms with Gasteiger partial charge in [0.05, 0.1) is 5.54 Å². The fraction of sp³-hybridized carbons (Fsp3) is 0.917. The standard InChI is InChI=1S/C12H23N3S/c1-9-7-5-6-8-12(9)13-10(16)15(14-12)11(2,3)4/h9,14H,5-8H2,1-4H3,(H,13,16)/t9-,12-/m0/s1. The molecule has 0 bridgehead atoms. The highest BCUT2D eigenvalue weighted by Crippen LogP contribution is 2.35. The van der Waals surface area contributed by atoms with Crippen molar-refractivity contribution >= 4 is 17.3 Å². The van der Waals surface area contributed by atoms with Gasteiger partial charge in [0.1, 0.15) is 5.66 Å². The topological polar surface area (TPSA) is 27.3 Å². The van der Waals surface area contributed by atoms with Gasteiger partial charge in [-0.25, -0.2) is 5.43 Å². The maximum Gasteiger partial charge on any atom is 0.185 e. The van der Waals surface area contributed by atoms with E-state index in [1.807, 2.05) is 0 Å². The summed E-state index contributed by atoms with van der Waals surface area (Å²) >= 11 is 5.45.